The zero-order valence-corrected chi connectivity index (χ0v) is 7.97. The van der Waals surface area contributed by atoms with Crippen molar-refractivity contribution < 1.29 is 4.39 Å². The van der Waals surface area contributed by atoms with Gasteiger partial charge in [-0.05, 0) is 26.0 Å². The Hall–Kier alpha value is -1.31. The predicted octanol–water partition coefficient (Wildman–Crippen LogP) is 3.12. The van der Waals surface area contributed by atoms with Crippen LogP contribution in [0.3, 0.4) is 0 Å². The molecule has 0 aromatic heterocycles. The number of hydrogen-bond donors (Lipinski definition) is 1. The summed E-state index contributed by atoms with van der Waals surface area (Å²) in [5, 5.41) is 3.13. The van der Waals surface area contributed by atoms with Gasteiger partial charge in [-0.2, -0.15) is 0 Å². The second kappa shape index (κ2) is 4.65. The minimum atomic E-state index is -0.162. The van der Waals surface area contributed by atoms with Crippen LogP contribution in [0, 0.1) is 12.7 Å². The second-order valence-electron chi connectivity index (χ2n) is 2.86. The molecule has 13 heavy (non-hydrogen) atoms. The van der Waals surface area contributed by atoms with Crippen LogP contribution in [0.4, 0.5) is 10.1 Å². The summed E-state index contributed by atoms with van der Waals surface area (Å²) in [5.41, 5.74) is 1.53. The van der Waals surface area contributed by atoms with Crippen molar-refractivity contribution in [3.8, 4) is 0 Å². The molecule has 0 heterocycles. The number of benzene rings is 1. The van der Waals surface area contributed by atoms with Gasteiger partial charge < -0.3 is 5.32 Å². The number of nitrogens with one attached hydrogen (secondary N) is 1. The highest BCUT2D eigenvalue weighted by molar-refractivity contribution is 5.51. The maximum absolute atomic E-state index is 13.0. The lowest BCUT2D eigenvalue weighted by Gasteiger charge is -2.07. The highest BCUT2D eigenvalue weighted by atomic mass is 19.1. The lowest BCUT2D eigenvalue weighted by molar-refractivity contribution is 0.619. The van der Waals surface area contributed by atoms with Gasteiger partial charge in [0.25, 0.3) is 0 Å². The lowest BCUT2D eigenvalue weighted by Crippen LogP contribution is -2.00. The van der Waals surface area contributed by atoms with Crippen LogP contribution in [0.25, 0.3) is 0 Å². The van der Waals surface area contributed by atoms with Crippen molar-refractivity contribution in [3.63, 3.8) is 0 Å². The van der Waals surface area contributed by atoms with Crippen molar-refractivity contribution in [1.82, 2.24) is 0 Å². The molecule has 0 atom stereocenters. The fraction of sp³-hybridized carbons (Fsp3) is 0.273. The normalized spacial score (nSPS) is 10.7. The Bertz CT molecular complexity index is 305. The molecule has 1 rings (SSSR count). The highest BCUT2D eigenvalue weighted by Crippen LogP contribution is 2.16. The molecule has 0 aliphatic rings. The van der Waals surface area contributed by atoms with E-state index >= 15 is 0 Å². The van der Waals surface area contributed by atoms with Gasteiger partial charge in [0.05, 0.1) is 0 Å². The molecule has 1 aromatic rings. The van der Waals surface area contributed by atoms with E-state index in [-0.39, 0.29) is 5.82 Å². The maximum atomic E-state index is 13.0. The van der Waals surface area contributed by atoms with Gasteiger partial charge in [-0.1, -0.05) is 18.2 Å². The van der Waals surface area contributed by atoms with Crippen molar-refractivity contribution in [3.05, 3.63) is 41.7 Å². The number of allylic oxidation sites excluding steroid dienone is 1. The summed E-state index contributed by atoms with van der Waals surface area (Å²) < 4.78 is 13.0. The molecule has 0 unspecified atom stereocenters. The molecule has 1 aromatic carbocycles. The fourth-order valence-electron chi connectivity index (χ4n) is 1.09. The quantitative estimate of drug-likeness (QED) is 0.703. The fourth-order valence-corrected chi connectivity index (χ4v) is 1.09. The van der Waals surface area contributed by atoms with Crippen LogP contribution in [-0.4, -0.2) is 6.54 Å². The minimum Gasteiger partial charge on any atom is -0.381 e. The standard InChI is InChI=1S/C11H14FN/c1-3-4-8-13-11-7-5-6-10(12)9(11)2/h3-7,13H,8H2,1-2H3/b4-3+. The van der Waals surface area contributed by atoms with Crippen LogP contribution in [0.1, 0.15) is 12.5 Å². The summed E-state index contributed by atoms with van der Waals surface area (Å²) in [7, 11) is 0. The van der Waals surface area contributed by atoms with E-state index in [0.29, 0.717) is 5.56 Å². The van der Waals surface area contributed by atoms with Crippen molar-refractivity contribution in [2.45, 2.75) is 13.8 Å². The average molecular weight is 179 g/mol. The maximum Gasteiger partial charge on any atom is 0.128 e. The molecule has 0 saturated carbocycles. The molecule has 0 amide bonds. The SMILES string of the molecule is C/C=C/CNc1cccc(F)c1C. The van der Waals surface area contributed by atoms with Crippen molar-refractivity contribution in [2.75, 3.05) is 11.9 Å². The molecule has 1 nitrogen and oxygen atoms in total. The van der Waals surface area contributed by atoms with Crippen molar-refractivity contribution >= 4 is 5.69 Å². The van der Waals surface area contributed by atoms with Gasteiger partial charge in [0.1, 0.15) is 5.82 Å². The first-order valence-electron chi connectivity index (χ1n) is 4.36. The highest BCUT2D eigenvalue weighted by Gasteiger charge is 2.00. The van der Waals surface area contributed by atoms with Gasteiger partial charge >= 0.3 is 0 Å². The Kier molecular flexibility index (Phi) is 3.50. The van der Waals surface area contributed by atoms with E-state index in [9.17, 15) is 4.39 Å². The zero-order chi connectivity index (χ0) is 9.68. The molecule has 1 N–H and O–H groups in total. The van der Waals surface area contributed by atoms with Crippen molar-refractivity contribution in [2.24, 2.45) is 0 Å². The van der Waals surface area contributed by atoms with Crippen LogP contribution in [0.5, 0.6) is 0 Å². The van der Waals surface area contributed by atoms with Crippen LogP contribution in [0.2, 0.25) is 0 Å². The lowest BCUT2D eigenvalue weighted by atomic mass is 10.2. The largest absolute Gasteiger partial charge is 0.381 e. The van der Waals surface area contributed by atoms with Gasteiger partial charge in [0, 0.05) is 17.8 Å². The van der Waals surface area contributed by atoms with E-state index in [2.05, 4.69) is 5.32 Å². The summed E-state index contributed by atoms with van der Waals surface area (Å²) in [6.45, 7) is 4.47. The van der Waals surface area contributed by atoms with Gasteiger partial charge in [0.15, 0.2) is 0 Å². The third kappa shape index (κ3) is 2.58. The first kappa shape index (κ1) is 9.78. The van der Waals surface area contributed by atoms with Gasteiger partial charge in [-0.15, -0.1) is 0 Å². The average Bonchev–Trinajstić information content (AvgIpc) is 2.13. The monoisotopic (exact) mass is 179 g/mol. The third-order valence-corrected chi connectivity index (χ3v) is 1.91. The number of anilines is 1. The van der Waals surface area contributed by atoms with Crippen molar-refractivity contribution in [1.29, 1.82) is 0 Å². The molecular formula is C11H14FN. The van der Waals surface area contributed by atoms with E-state index in [1.165, 1.54) is 6.07 Å². The van der Waals surface area contributed by atoms with Gasteiger partial charge in [-0.3, -0.25) is 0 Å². The van der Waals surface area contributed by atoms with Crippen LogP contribution >= 0.6 is 0 Å². The number of rotatable bonds is 3. The molecule has 0 radical (unpaired) electrons. The topological polar surface area (TPSA) is 12.0 Å². The molecule has 0 saturated heterocycles. The van der Waals surface area contributed by atoms with E-state index in [4.69, 9.17) is 0 Å². The number of hydrogen-bond acceptors (Lipinski definition) is 1. The Morgan fingerprint density at radius 3 is 2.92 bits per heavy atom. The summed E-state index contributed by atoms with van der Waals surface area (Å²) in [5.74, 6) is -0.162. The Morgan fingerprint density at radius 2 is 2.23 bits per heavy atom. The molecule has 0 bridgehead atoms. The van der Waals surface area contributed by atoms with Gasteiger partial charge in [0.2, 0.25) is 0 Å². The predicted molar refractivity (Wildman–Crippen MR) is 54.4 cm³/mol. The van der Waals surface area contributed by atoms with E-state index < -0.39 is 0 Å². The van der Waals surface area contributed by atoms with E-state index in [0.717, 1.165) is 12.2 Å². The minimum absolute atomic E-state index is 0.162. The Balaban J connectivity index is 2.71. The van der Waals surface area contributed by atoms with Crippen LogP contribution < -0.4 is 5.32 Å². The summed E-state index contributed by atoms with van der Waals surface area (Å²) in [4.78, 5) is 0. The van der Waals surface area contributed by atoms with Crippen LogP contribution in [0.15, 0.2) is 30.4 Å². The number of halogens is 1. The summed E-state index contributed by atoms with van der Waals surface area (Å²) in [6, 6.07) is 5.05. The molecule has 70 valence electrons. The van der Waals surface area contributed by atoms with E-state index in [1.807, 2.05) is 25.1 Å². The molecule has 2 heteroatoms. The first-order valence-corrected chi connectivity index (χ1v) is 4.36. The first-order chi connectivity index (χ1) is 6.25. The van der Waals surface area contributed by atoms with Gasteiger partial charge in [-0.25, -0.2) is 4.39 Å². The third-order valence-electron chi connectivity index (χ3n) is 1.91. The molecule has 0 fully saturated rings. The Morgan fingerprint density at radius 1 is 1.46 bits per heavy atom. The zero-order valence-electron chi connectivity index (χ0n) is 7.97. The summed E-state index contributed by atoms with van der Waals surface area (Å²) >= 11 is 0. The Labute approximate surface area is 78.3 Å². The smallest absolute Gasteiger partial charge is 0.128 e. The molecular weight excluding hydrogens is 165 g/mol. The van der Waals surface area contributed by atoms with E-state index in [1.54, 1.807) is 13.0 Å². The van der Waals surface area contributed by atoms with Crippen LogP contribution in [-0.2, 0) is 0 Å². The molecule has 0 spiro atoms. The molecule has 0 aliphatic carbocycles. The second-order valence-corrected chi connectivity index (χ2v) is 2.86. The summed E-state index contributed by atoms with van der Waals surface area (Å²) in [6.07, 6.45) is 3.95. The molecule has 0 aliphatic heterocycles.